The van der Waals surface area contributed by atoms with Crippen molar-refractivity contribution in [1.82, 2.24) is 5.32 Å². The van der Waals surface area contributed by atoms with E-state index in [0.29, 0.717) is 12.5 Å². The summed E-state index contributed by atoms with van der Waals surface area (Å²) >= 11 is 0. The number of nitrogens with one attached hydrogen (secondary N) is 1. The molecule has 1 rings (SSSR count). The monoisotopic (exact) mass is 277 g/mol. The van der Waals surface area contributed by atoms with Crippen molar-refractivity contribution in [2.75, 3.05) is 20.3 Å². The van der Waals surface area contributed by atoms with Crippen LogP contribution in [0.4, 0.5) is 0 Å². The highest BCUT2D eigenvalue weighted by atomic mass is 16.5. The van der Waals surface area contributed by atoms with E-state index in [-0.39, 0.29) is 0 Å². The van der Waals surface area contributed by atoms with Crippen molar-refractivity contribution < 1.29 is 9.47 Å². The van der Waals surface area contributed by atoms with Crippen LogP contribution in [0.3, 0.4) is 0 Å². The summed E-state index contributed by atoms with van der Waals surface area (Å²) < 4.78 is 11.1. The van der Waals surface area contributed by atoms with Crippen LogP contribution in [0.5, 0.6) is 11.5 Å². The van der Waals surface area contributed by atoms with Crippen molar-refractivity contribution in [3.05, 3.63) is 35.9 Å². The van der Waals surface area contributed by atoms with Gasteiger partial charge in [-0.15, -0.1) is 0 Å². The molecule has 0 aromatic heterocycles. The molecule has 20 heavy (non-hydrogen) atoms. The zero-order chi connectivity index (χ0) is 15.0. The first kappa shape index (κ1) is 16.6. The summed E-state index contributed by atoms with van der Waals surface area (Å²) in [6, 6.07) is 5.96. The molecule has 0 saturated carbocycles. The van der Waals surface area contributed by atoms with E-state index >= 15 is 0 Å². The molecule has 1 N–H and O–H groups in total. The average Bonchev–Trinajstić information content (AvgIpc) is 2.45. The standard InChI is InChI=1S/C17H27NO2/c1-6-14(4)12-20-17-9-16(19-5)8-7-15(17)11-18-10-13(2)3/h7-9,13,18H,4,6,10-12H2,1-3,5H3. The third-order valence-electron chi connectivity index (χ3n) is 3.07. The first-order valence-corrected chi connectivity index (χ1v) is 7.23. The Morgan fingerprint density at radius 1 is 1.35 bits per heavy atom. The molecule has 0 aliphatic rings. The van der Waals surface area contributed by atoms with Crippen molar-refractivity contribution in [2.45, 2.75) is 33.7 Å². The van der Waals surface area contributed by atoms with Crippen LogP contribution in [0, 0.1) is 5.92 Å². The summed E-state index contributed by atoms with van der Waals surface area (Å²) in [4.78, 5) is 0. The minimum atomic E-state index is 0.556. The molecule has 112 valence electrons. The Kier molecular flexibility index (Phi) is 7.16. The predicted octanol–water partition coefficient (Wildman–Crippen LogP) is 3.79. The molecule has 0 unspecified atom stereocenters. The number of rotatable bonds is 9. The molecule has 0 aliphatic heterocycles. The summed E-state index contributed by atoms with van der Waals surface area (Å²) in [5.41, 5.74) is 2.24. The molecule has 0 fully saturated rings. The van der Waals surface area contributed by atoms with Crippen molar-refractivity contribution in [1.29, 1.82) is 0 Å². The molecule has 0 amide bonds. The second kappa shape index (κ2) is 8.64. The van der Waals surface area contributed by atoms with Crippen LogP contribution in [-0.4, -0.2) is 20.3 Å². The zero-order valence-electron chi connectivity index (χ0n) is 13.2. The van der Waals surface area contributed by atoms with E-state index < -0.39 is 0 Å². The minimum absolute atomic E-state index is 0.556. The van der Waals surface area contributed by atoms with Gasteiger partial charge in [0, 0.05) is 18.2 Å². The largest absolute Gasteiger partial charge is 0.497 e. The molecule has 0 heterocycles. The maximum atomic E-state index is 5.87. The fourth-order valence-corrected chi connectivity index (χ4v) is 1.72. The molecule has 1 aromatic carbocycles. The van der Waals surface area contributed by atoms with Crippen molar-refractivity contribution in [3.8, 4) is 11.5 Å². The van der Waals surface area contributed by atoms with Crippen LogP contribution in [0.25, 0.3) is 0 Å². The first-order valence-electron chi connectivity index (χ1n) is 7.23. The maximum Gasteiger partial charge on any atom is 0.127 e. The quantitative estimate of drug-likeness (QED) is 0.697. The second-order valence-electron chi connectivity index (χ2n) is 5.39. The molecule has 0 aliphatic carbocycles. The average molecular weight is 277 g/mol. The molecule has 3 nitrogen and oxygen atoms in total. The van der Waals surface area contributed by atoms with Gasteiger partial charge in [0.25, 0.3) is 0 Å². The molecular weight excluding hydrogens is 250 g/mol. The van der Waals surface area contributed by atoms with E-state index in [1.807, 2.05) is 12.1 Å². The topological polar surface area (TPSA) is 30.5 Å². The van der Waals surface area contributed by atoms with Crippen molar-refractivity contribution >= 4 is 0 Å². The number of hydrogen-bond acceptors (Lipinski definition) is 3. The van der Waals surface area contributed by atoms with Gasteiger partial charge < -0.3 is 14.8 Å². The number of ether oxygens (including phenoxy) is 2. The normalized spacial score (nSPS) is 10.7. The van der Waals surface area contributed by atoms with Crippen LogP contribution < -0.4 is 14.8 Å². The maximum absolute atomic E-state index is 5.87. The van der Waals surface area contributed by atoms with E-state index in [1.165, 1.54) is 0 Å². The summed E-state index contributed by atoms with van der Waals surface area (Å²) in [6.07, 6.45) is 0.935. The lowest BCUT2D eigenvalue weighted by Crippen LogP contribution is -2.19. The van der Waals surface area contributed by atoms with E-state index in [1.54, 1.807) is 7.11 Å². The molecule has 0 saturated heterocycles. The Morgan fingerprint density at radius 2 is 2.10 bits per heavy atom. The number of hydrogen-bond donors (Lipinski definition) is 1. The summed E-state index contributed by atoms with van der Waals surface area (Å²) in [6.45, 7) is 12.8. The Bertz CT molecular complexity index is 427. The smallest absolute Gasteiger partial charge is 0.127 e. The predicted molar refractivity (Wildman–Crippen MR) is 84.5 cm³/mol. The molecule has 0 atom stereocenters. The lowest BCUT2D eigenvalue weighted by molar-refractivity contribution is 0.339. The molecule has 0 bridgehead atoms. The van der Waals surface area contributed by atoms with Gasteiger partial charge in [-0.1, -0.05) is 33.4 Å². The van der Waals surface area contributed by atoms with Gasteiger partial charge in [0.1, 0.15) is 18.1 Å². The van der Waals surface area contributed by atoms with E-state index in [9.17, 15) is 0 Å². The third-order valence-corrected chi connectivity index (χ3v) is 3.07. The number of benzene rings is 1. The van der Waals surface area contributed by atoms with Crippen molar-refractivity contribution in [2.24, 2.45) is 5.92 Å². The molecule has 0 spiro atoms. The highest BCUT2D eigenvalue weighted by Crippen LogP contribution is 2.25. The molecule has 0 radical (unpaired) electrons. The Hall–Kier alpha value is -1.48. The van der Waals surface area contributed by atoms with Gasteiger partial charge >= 0.3 is 0 Å². The second-order valence-corrected chi connectivity index (χ2v) is 5.39. The van der Waals surface area contributed by atoms with E-state index in [0.717, 1.165) is 42.1 Å². The van der Waals surface area contributed by atoms with Gasteiger partial charge in [0.15, 0.2) is 0 Å². The Balaban J connectivity index is 2.72. The molecule has 1 aromatic rings. The third kappa shape index (κ3) is 5.66. The minimum Gasteiger partial charge on any atom is -0.497 e. The van der Waals surface area contributed by atoms with E-state index in [2.05, 4.69) is 38.7 Å². The van der Waals surface area contributed by atoms with Crippen LogP contribution >= 0.6 is 0 Å². The van der Waals surface area contributed by atoms with Gasteiger partial charge in [-0.05, 0) is 30.5 Å². The van der Waals surface area contributed by atoms with Gasteiger partial charge in [0.05, 0.1) is 7.11 Å². The van der Waals surface area contributed by atoms with Gasteiger partial charge in [-0.2, -0.15) is 0 Å². The Morgan fingerprint density at radius 3 is 2.70 bits per heavy atom. The fourth-order valence-electron chi connectivity index (χ4n) is 1.72. The summed E-state index contributed by atoms with van der Waals surface area (Å²) in [5, 5.41) is 3.44. The highest BCUT2D eigenvalue weighted by molar-refractivity contribution is 5.41. The van der Waals surface area contributed by atoms with Crippen LogP contribution in [0.1, 0.15) is 32.8 Å². The Labute approximate surface area is 123 Å². The van der Waals surface area contributed by atoms with Crippen LogP contribution in [0.2, 0.25) is 0 Å². The molecular formula is C17H27NO2. The summed E-state index contributed by atoms with van der Waals surface area (Å²) in [5.74, 6) is 2.32. The SMILES string of the molecule is C=C(CC)COc1cc(OC)ccc1CNCC(C)C. The lowest BCUT2D eigenvalue weighted by atomic mass is 10.1. The van der Waals surface area contributed by atoms with Crippen LogP contribution in [0.15, 0.2) is 30.4 Å². The molecule has 3 heteroatoms. The summed E-state index contributed by atoms with van der Waals surface area (Å²) in [7, 11) is 1.67. The highest BCUT2D eigenvalue weighted by Gasteiger charge is 2.07. The fraction of sp³-hybridized carbons (Fsp3) is 0.529. The van der Waals surface area contributed by atoms with Crippen LogP contribution in [-0.2, 0) is 6.54 Å². The zero-order valence-corrected chi connectivity index (χ0v) is 13.2. The van der Waals surface area contributed by atoms with Gasteiger partial charge in [-0.25, -0.2) is 0 Å². The van der Waals surface area contributed by atoms with Gasteiger partial charge in [-0.3, -0.25) is 0 Å². The first-order chi connectivity index (χ1) is 9.56. The van der Waals surface area contributed by atoms with E-state index in [4.69, 9.17) is 9.47 Å². The number of methoxy groups -OCH3 is 1. The van der Waals surface area contributed by atoms with Crippen molar-refractivity contribution in [3.63, 3.8) is 0 Å². The van der Waals surface area contributed by atoms with Gasteiger partial charge in [0.2, 0.25) is 0 Å². The lowest BCUT2D eigenvalue weighted by Gasteiger charge is -2.15.